The van der Waals surface area contributed by atoms with Gasteiger partial charge < -0.3 is 9.84 Å². The van der Waals surface area contributed by atoms with E-state index in [4.69, 9.17) is 9.84 Å². The molecule has 0 saturated heterocycles. The number of nitrogens with zero attached hydrogens (tertiary/aromatic N) is 1. The molecule has 102 valence electrons. The van der Waals surface area contributed by atoms with E-state index in [0.29, 0.717) is 6.54 Å². The van der Waals surface area contributed by atoms with Crippen molar-refractivity contribution < 1.29 is 19.0 Å². The number of aliphatic carboxylic acids is 1. The zero-order chi connectivity index (χ0) is 12.8. The van der Waals surface area contributed by atoms with Gasteiger partial charge >= 0.3 is 5.97 Å². The Morgan fingerprint density at radius 3 is 2.67 bits per heavy atom. The van der Waals surface area contributed by atoms with Gasteiger partial charge in [0.25, 0.3) is 0 Å². The quantitative estimate of drug-likeness (QED) is 0.864. The topological polar surface area (TPSA) is 49.8 Å². The summed E-state index contributed by atoms with van der Waals surface area (Å²) in [4.78, 5) is 12.3. The summed E-state index contributed by atoms with van der Waals surface area (Å²) in [5.41, 5.74) is 0. The maximum absolute atomic E-state index is 13.2. The molecular formula is C12H17ClFNO3. The van der Waals surface area contributed by atoms with Crippen molar-refractivity contribution in [1.82, 2.24) is 4.90 Å². The Kier molecular flexibility index (Phi) is 7.31. The molecule has 0 heterocycles. The minimum Gasteiger partial charge on any atom is -0.489 e. The van der Waals surface area contributed by atoms with E-state index in [1.165, 1.54) is 12.1 Å². The van der Waals surface area contributed by atoms with Crippen LogP contribution in [-0.4, -0.2) is 42.2 Å². The lowest BCUT2D eigenvalue weighted by molar-refractivity contribution is -0.142. The van der Waals surface area contributed by atoms with Crippen LogP contribution in [0.1, 0.15) is 6.92 Å². The van der Waals surface area contributed by atoms with Gasteiger partial charge in [-0.3, -0.25) is 9.69 Å². The van der Waals surface area contributed by atoms with E-state index in [-0.39, 0.29) is 24.8 Å². The molecule has 0 bridgehead atoms. The number of ether oxygens (including phenoxy) is 1. The zero-order valence-corrected chi connectivity index (χ0v) is 11.1. The molecule has 4 nitrogen and oxygen atoms in total. The molecule has 1 aromatic rings. The lowest BCUT2D eigenvalue weighted by Crippen LogP contribution is -2.38. The maximum Gasteiger partial charge on any atom is 0.320 e. The number of halogens is 2. The van der Waals surface area contributed by atoms with Gasteiger partial charge in [-0.15, -0.1) is 12.4 Å². The predicted molar refractivity (Wildman–Crippen MR) is 68.9 cm³/mol. The van der Waals surface area contributed by atoms with Gasteiger partial charge in [0.2, 0.25) is 0 Å². The van der Waals surface area contributed by atoms with E-state index in [1.54, 1.807) is 31.0 Å². The van der Waals surface area contributed by atoms with Crippen LogP contribution >= 0.6 is 12.4 Å². The summed E-state index contributed by atoms with van der Waals surface area (Å²) in [7, 11) is 1.68. The fourth-order valence-corrected chi connectivity index (χ4v) is 1.24. The third kappa shape index (κ3) is 4.89. The number of likely N-dealkylation sites (N-methyl/N-ethyl adjacent to an activating group) is 1. The number of carbonyl (C=O) groups is 1. The highest BCUT2D eigenvalue weighted by Gasteiger charge is 2.16. The Morgan fingerprint density at radius 2 is 2.11 bits per heavy atom. The summed E-state index contributed by atoms with van der Waals surface area (Å²) in [6, 6.07) is 5.54. The molecule has 0 fully saturated rings. The van der Waals surface area contributed by atoms with Crippen LogP contribution in [0, 0.1) is 5.82 Å². The summed E-state index contributed by atoms with van der Waals surface area (Å²) in [6.07, 6.45) is 0. The smallest absolute Gasteiger partial charge is 0.320 e. The third-order valence-corrected chi connectivity index (χ3v) is 2.56. The van der Waals surface area contributed by atoms with Crippen molar-refractivity contribution in [2.75, 3.05) is 20.2 Å². The number of carboxylic acids is 1. The fraction of sp³-hybridized carbons (Fsp3) is 0.417. The molecule has 0 aliphatic rings. The van der Waals surface area contributed by atoms with Crippen molar-refractivity contribution >= 4 is 18.4 Å². The Bertz CT molecular complexity index is 389. The van der Waals surface area contributed by atoms with Crippen LogP contribution in [0.2, 0.25) is 0 Å². The minimum absolute atomic E-state index is 0. The van der Waals surface area contributed by atoms with E-state index in [2.05, 4.69) is 0 Å². The number of hydrogen-bond donors (Lipinski definition) is 1. The number of rotatable bonds is 6. The highest BCUT2D eigenvalue weighted by atomic mass is 35.5. The highest BCUT2D eigenvalue weighted by molar-refractivity contribution is 5.85. The van der Waals surface area contributed by atoms with Gasteiger partial charge in [-0.05, 0) is 26.1 Å². The molecule has 0 spiro atoms. The van der Waals surface area contributed by atoms with Gasteiger partial charge in [-0.1, -0.05) is 12.1 Å². The largest absolute Gasteiger partial charge is 0.489 e. The third-order valence-electron chi connectivity index (χ3n) is 2.56. The first kappa shape index (κ1) is 16.7. The first-order valence-corrected chi connectivity index (χ1v) is 5.32. The van der Waals surface area contributed by atoms with E-state index < -0.39 is 17.8 Å². The molecule has 1 aromatic carbocycles. The predicted octanol–water partition coefficient (Wildman–Crippen LogP) is 2.03. The highest BCUT2D eigenvalue weighted by Crippen LogP contribution is 2.15. The molecule has 0 aliphatic carbocycles. The molecule has 1 atom stereocenters. The molecule has 0 aromatic heterocycles. The van der Waals surface area contributed by atoms with Gasteiger partial charge in [0.15, 0.2) is 11.6 Å². The van der Waals surface area contributed by atoms with Crippen LogP contribution < -0.4 is 4.74 Å². The van der Waals surface area contributed by atoms with Crippen LogP contribution in [0.3, 0.4) is 0 Å². The molecule has 1 N–H and O–H groups in total. The van der Waals surface area contributed by atoms with Crippen LogP contribution in [-0.2, 0) is 4.79 Å². The van der Waals surface area contributed by atoms with E-state index in [9.17, 15) is 9.18 Å². The molecule has 0 saturated carbocycles. The standard InChI is InChI=1S/C12H16FNO3.ClH/c1-9(12(15)16)14(2)7-8-17-11-6-4-3-5-10(11)13;/h3-6,9H,7-8H2,1-2H3,(H,15,16);1H. The van der Waals surface area contributed by atoms with Gasteiger partial charge in [-0.25, -0.2) is 4.39 Å². The Labute approximate surface area is 112 Å². The average molecular weight is 278 g/mol. The van der Waals surface area contributed by atoms with Crippen LogP contribution in [0.4, 0.5) is 4.39 Å². The first-order chi connectivity index (χ1) is 8.02. The summed E-state index contributed by atoms with van der Waals surface area (Å²) >= 11 is 0. The van der Waals surface area contributed by atoms with Crippen molar-refractivity contribution in [1.29, 1.82) is 0 Å². The Balaban J connectivity index is 0.00000289. The van der Waals surface area contributed by atoms with Gasteiger partial charge in [0.1, 0.15) is 12.6 Å². The van der Waals surface area contributed by atoms with Gasteiger partial charge in [0, 0.05) is 6.54 Å². The normalized spacial score (nSPS) is 11.8. The molecule has 1 unspecified atom stereocenters. The summed E-state index contributed by atoms with van der Waals surface area (Å²) in [6.45, 7) is 2.25. The lowest BCUT2D eigenvalue weighted by Gasteiger charge is -2.20. The van der Waals surface area contributed by atoms with Gasteiger partial charge in [0.05, 0.1) is 0 Å². The SMILES string of the molecule is CC(C(=O)O)N(C)CCOc1ccccc1F.Cl. The average Bonchev–Trinajstić information content (AvgIpc) is 2.30. The number of para-hydroxylation sites is 1. The molecule has 0 radical (unpaired) electrons. The monoisotopic (exact) mass is 277 g/mol. The van der Waals surface area contributed by atoms with Crippen molar-refractivity contribution in [2.45, 2.75) is 13.0 Å². The summed E-state index contributed by atoms with van der Waals surface area (Å²) in [5, 5.41) is 8.77. The molecule has 0 aliphatic heterocycles. The minimum atomic E-state index is -0.890. The number of hydrogen-bond acceptors (Lipinski definition) is 3. The Morgan fingerprint density at radius 1 is 1.50 bits per heavy atom. The van der Waals surface area contributed by atoms with E-state index in [0.717, 1.165) is 0 Å². The van der Waals surface area contributed by atoms with E-state index in [1.807, 2.05) is 0 Å². The van der Waals surface area contributed by atoms with Crippen molar-refractivity contribution in [3.63, 3.8) is 0 Å². The van der Waals surface area contributed by atoms with E-state index >= 15 is 0 Å². The first-order valence-electron chi connectivity index (χ1n) is 5.32. The van der Waals surface area contributed by atoms with Crippen molar-refractivity contribution in [3.8, 4) is 5.75 Å². The second-order valence-electron chi connectivity index (χ2n) is 3.77. The molecule has 6 heteroatoms. The lowest BCUT2D eigenvalue weighted by atomic mass is 10.3. The second-order valence-corrected chi connectivity index (χ2v) is 3.77. The zero-order valence-electron chi connectivity index (χ0n) is 10.3. The number of carboxylic acid groups (broad SMARTS) is 1. The molecule has 1 rings (SSSR count). The van der Waals surface area contributed by atoms with Crippen LogP contribution in [0.5, 0.6) is 5.75 Å². The molecule has 0 amide bonds. The van der Waals surface area contributed by atoms with Gasteiger partial charge in [-0.2, -0.15) is 0 Å². The Hall–Kier alpha value is -1.33. The van der Waals surface area contributed by atoms with Crippen molar-refractivity contribution in [2.24, 2.45) is 0 Å². The fourth-order valence-electron chi connectivity index (χ4n) is 1.24. The second kappa shape index (κ2) is 7.89. The molecular weight excluding hydrogens is 261 g/mol. The maximum atomic E-state index is 13.2. The van der Waals surface area contributed by atoms with Crippen LogP contribution in [0.15, 0.2) is 24.3 Å². The molecule has 18 heavy (non-hydrogen) atoms. The van der Waals surface area contributed by atoms with Crippen molar-refractivity contribution in [3.05, 3.63) is 30.1 Å². The summed E-state index contributed by atoms with van der Waals surface area (Å²) < 4.78 is 18.4. The summed E-state index contributed by atoms with van der Waals surface area (Å²) in [5.74, 6) is -1.12. The number of benzene rings is 1. The van der Waals surface area contributed by atoms with Crippen LogP contribution in [0.25, 0.3) is 0 Å².